The molecule has 1 aromatic rings. The van der Waals surface area contributed by atoms with Crippen molar-refractivity contribution in [2.24, 2.45) is 0 Å². The number of benzene rings is 1. The Balaban J connectivity index is 2.54. The van der Waals surface area contributed by atoms with Crippen molar-refractivity contribution in [3.63, 3.8) is 0 Å². The van der Waals surface area contributed by atoms with Crippen LogP contribution in [0.15, 0.2) is 18.2 Å². The summed E-state index contributed by atoms with van der Waals surface area (Å²) in [6, 6.07) is 6.03. The van der Waals surface area contributed by atoms with Gasteiger partial charge in [-0.25, -0.2) is 0 Å². The molecule has 0 aromatic heterocycles. The zero-order valence-electron chi connectivity index (χ0n) is 7.63. The Kier molecular flexibility index (Phi) is 2.04. The zero-order chi connectivity index (χ0) is 9.42. The molecule has 3 heteroatoms. The first-order valence-electron chi connectivity index (χ1n) is 4.17. The molecule has 13 heavy (non-hydrogen) atoms. The van der Waals surface area contributed by atoms with Crippen LogP contribution in [0.5, 0.6) is 0 Å². The van der Waals surface area contributed by atoms with Crippen LogP contribution in [0.1, 0.15) is 16.4 Å². The van der Waals surface area contributed by atoms with Crippen molar-refractivity contribution in [2.45, 2.75) is 12.2 Å². The van der Waals surface area contributed by atoms with E-state index in [2.05, 4.69) is 5.32 Å². The number of hydrogen-bond donors (Lipinski definition) is 1. The molecule has 0 saturated heterocycles. The summed E-state index contributed by atoms with van der Waals surface area (Å²) < 4.78 is 0. The van der Waals surface area contributed by atoms with Gasteiger partial charge >= 0.3 is 0 Å². The van der Waals surface area contributed by atoms with Crippen molar-refractivity contribution in [1.29, 1.82) is 0 Å². The molecule has 1 heterocycles. The first-order valence-corrected chi connectivity index (χ1v) is 5.46. The number of hydrogen-bond acceptors (Lipinski definition) is 2. The van der Waals surface area contributed by atoms with Gasteiger partial charge in [0.15, 0.2) is 0 Å². The zero-order valence-corrected chi connectivity index (χ0v) is 8.44. The molecule has 2 nitrogen and oxygen atoms in total. The molecule has 1 aliphatic rings. The molecule has 0 saturated carbocycles. The van der Waals surface area contributed by atoms with Gasteiger partial charge in [0.25, 0.3) is 0 Å². The van der Waals surface area contributed by atoms with Gasteiger partial charge in [-0.3, -0.25) is 4.79 Å². The van der Waals surface area contributed by atoms with Crippen molar-refractivity contribution in [3.8, 4) is 0 Å². The topological polar surface area (TPSA) is 29.1 Å². The number of para-hydroxylation sites is 1. The van der Waals surface area contributed by atoms with Crippen LogP contribution in [0.25, 0.3) is 0 Å². The van der Waals surface area contributed by atoms with E-state index >= 15 is 0 Å². The quantitative estimate of drug-likeness (QED) is 0.741. The fourth-order valence-corrected chi connectivity index (χ4v) is 2.37. The lowest BCUT2D eigenvalue weighted by Crippen LogP contribution is -2.08. The van der Waals surface area contributed by atoms with E-state index in [9.17, 15) is 4.79 Å². The van der Waals surface area contributed by atoms with Crippen LogP contribution in [0, 0.1) is 6.92 Å². The molecule has 0 spiro atoms. The molecule has 68 valence electrons. The van der Waals surface area contributed by atoms with E-state index in [0.717, 1.165) is 16.8 Å². The Labute approximate surface area is 81.7 Å². The maximum absolute atomic E-state index is 11.5. The Bertz CT molecular complexity index is 362. The summed E-state index contributed by atoms with van der Waals surface area (Å²) >= 11 is 1.58. The molecule has 0 aliphatic carbocycles. The summed E-state index contributed by atoms with van der Waals surface area (Å²) in [5, 5.41) is 2.89. The van der Waals surface area contributed by atoms with Crippen molar-refractivity contribution in [1.82, 2.24) is 0 Å². The Morgan fingerprint density at radius 1 is 1.46 bits per heavy atom. The van der Waals surface area contributed by atoms with Gasteiger partial charge in [-0.1, -0.05) is 18.2 Å². The second-order valence-corrected chi connectivity index (χ2v) is 4.09. The molecular weight excluding hydrogens is 182 g/mol. The molecule has 1 amide bonds. The molecule has 0 fully saturated rings. The Morgan fingerprint density at radius 3 is 2.92 bits per heavy atom. The molecule has 1 aliphatic heterocycles. The van der Waals surface area contributed by atoms with Gasteiger partial charge in [0, 0.05) is 5.69 Å². The third kappa shape index (κ3) is 1.23. The monoisotopic (exact) mass is 193 g/mol. The van der Waals surface area contributed by atoms with Gasteiger partial charge < -0.3 is 5.32 Å². The highest BCUT2D eigenvalue weighted by atomic mass is 32.2. The van der Waals surface area contributed by atoms with Crippen molar-refractivity contribution >= 4 is 23.4 Å². The number of fused-ring (bicyclic) bond motifs is 1. The number of thioether (sulfide) groups is 1. The number of nitrogens with one attached hydrogen (secondary N) is 1. The van der Waals surface area contributed by atoms with Crippen molar-refractivity contribution < 1.29 is 4.79 Å². The SMILES string of the molecule is CSC1C(=O)Nc2c(C)cccc21. The van der Waals surface area contributed by atoms with E-state index < -0.39 is 0 Å². The Morgan fingerprint density at radius 2 is 2.23 bits per heavy atom. The third-order valence-corrected chi connectivity index (χ3v) is 3.25. The van der Waals surface area contributed by atoms with Crippen LogP contribution in [-0.2, 0) is 4.79 Å². The van der Waals surface area contributed by atoms with Gasteiger partial charge in [0.05, 0.1) is 0 Å². The van der Waals surface area contributed by atoms with Gasteiger partial charge in [0.1, 0.15) is 5.25 Å². The van der Waals surface area contributed by atoms with Crippen molar-refractivity contribution in [2.75, 3.05) is 11.6 Å². The van der Waals surface area contributed by atoms with Gasteiger partial charge in [0.2, 0.25) is 5.91 Å². The van der Waals surface area contributed by atoms with E-state index in [1.54, 1.807) is 11.8 Å². The highest BCUT2D eigenvalue weighted by Gasteiger charge is 2.30. The predicted molar refractivity (Wildman–Crippen MR) is 56.1 cm³/mol. The van der Waals surface area contributed by atoms with E-state index in [4.69, 9.17) is 0 Å². The number of anilines is 1. The van der Waals surface area contributed by atoms with E-state index in [1.807, 2.05) is 31.4 Å². The van der Waals surface area contributed by atoms with Crippen LogP contribution < -0.4 is 5.32 Å². The lowest BCUT2D eigenvalue weighted by Gasteiger charge is -2.04. The molecule has 0 radical (unpaired) electrons. The average molecular weight is 193 g/mol. The minimum absolute atomic E-state index is 0.0186. The summed E-state index contributed by atoms with van der Waals surface area (Å²) in [6.07, 6.45) is 1.96. The standard InChI is InChI=1S/C10H11NOS/c1-6-4-3-5-7-8(6)11-10(12)9(7)13-2/h3-5,9H,1-2H3,(H,11,12). The molecule has 1 N–H and O–H groups in total. The smallest absolute Gasteiger partial charge is 0.242 e. The number of carbonyl (C=O) groups is 1. The normalized spacial score (nSPS) is 19.8. The summed E-state index contributed by atoms with van der Waals surface area (Å²) in [5.41, 5.74) is 3.27. The predicted octanol–water partition coefficient (Wildman–Crippen LogP) is 2.35. The Hall–Kier alpha value is -0.960. The van der Waals surface area contributed by atoms with Gasteiger partial charge in [-0.2, -0.15) is 0 Å². The largest absolute Gasteiger partial charge is 0.324 e. The lowest BCUT2D eigenvalue weighted by molar-refractivity contribution is -0.115. The number of carbonyl (C=O) groups excluding carboxylic acids is 1. The molecule has 1 aromatic carbocycles. The third-order valence-electron chi connectivity index (χ3n) is 2.31. The van der Waals surface area contributed by atoms with Crippen LogP contribution in [0.3, 0.4) is 0 Å². The minimum atomic E-state index is -0.0186. The van der Waals surface area contributed by atoms with Gasteiger partial charge in [-0.15, -0.1) is 11.8 Å². The highest BCUT2D eigenvalue weighted by Crippen LogP contribution is 2.40. The van der Waals surface area contributed by atoms with E-state index in [1.165, 1.54) is 0 Å². The molecule has 1 unspecified atom stereocenters. The number of rotatable bonds is 1. The summed E-state index contributed by atoms with van der Waals surface area (Å²) in [7, 11) is 0. The average Bonchev–Trinajstić information content (AvgIpc) is 2.43. The van der Waals surface area contributed by atoms with Crippen molar-refractivity contribution in [3.05, 3.63) is 29.3 Å². The first kappa shape index (κ1) is 8.63. The molecule has 0 bridgehead atoms. The number of aryl methyl sites for hydroxylation is 1. The fourth-order valence-electron chi connectivity index (χ4n) is 1.64. The molecule has 1 atom stereocenters. The van der Waals surface area contributed by atoms with Crippen LogP contribution in [-0.4, -0.2) is 12.2 Å². The van der Waals surface area contributed by atoms with Crippen LogP contribution >= 0.6 is 11.8 Å². The lowest BCUT2D eigenvalue weighted by atomic mass is 10.1. The molecule has 2 rings (SSSR count). The van der Waals surface area contributed by atoms with Gasteiger partial charge in [-0.05, 0) is 24.3 Å². The van der Waals surface area contributed by atoms with Crippen LogP contribution in [0.2, 0.25) is 0 Å². The van der Waals surface area contributed by atoms with E-state index in [-0.39, 0.29) is 11.2 Å². The summed E-state index contributed by atoms with van der Waals surface area (Å²) in [4.78, 5) is 11.5. The second kappa shape index (κ2) is 3.07. The maximum atomic E-state index is 11.5. The van der Waals surface area contributed by atoms with E-state index in [0.29, 0.717) is 0 Å². The highest BCUT2D eigenvalue weighted by molar-refractivity contribution is 7.99. The molecular formula is C10H11NOS. The maximum Gasteiger partial charge on any atom is 0.242 e. The second-order valence-electron chi connectivity index (χ2n) is 3.14. The summed E-state index contributed by atoms with van der Waals surface area (Å²) in [6.45, 7) is 2.02. The summed E-state index contributed by atoms with van der Waals surface area (Å²) in [5.74, 6) is 0.108. The van der Waals surface area contributed by atoms with Crippen LogP contribution in [0.4, 0.5) is 5.69 Å². The number of amides is 1. The first-order chi connectivity index (χ1) is 6.24. The minimum Gasteiger partial charge on any atom is -0.324 e. The fraction of sp³-hybridized carbons (Fsp3) is 0.300.